The van der Waals surface area contributed by atoms with Crippen LogP contribution in [0.5, 0.6) is 5.88 Å². The Morgan fingerprint density at radius 2 is 2.10 bits per heavy atom. The number of ether oxygens (including phenoxy) is 1. The fraction of sp³-hybridized carbons (Fsp3) is 0.692. The molecular formula is C13H20N4O3. The van der Waals surface area contributed by atoms with E-state index < -0.39 is 0 Å². The molecule has 2 aliphatic heterocycles. The lowest BCUT2D eigenvalue weighted by Gasteiger charge is -2.33. The van der Waals surface area contributed by atoms with Crippen molar-refractivity contribution < 1.29 is 14.6 Å². The molecule has 7 nitrogen and oxygen atoms in total. The average Bonchev–Trinajstić information content (AvgIpc) is 2.91. The molecule has 1 fully saturated rings. The molecule has 0 bridgehead atoms. The van der Waals surface area contributed by atoms with Crippen LogP contribution in [-0.2, 0) is 6.54 Å². The Balaban J connectivity index is 1.63. The van der Waals surface area contributed by atoms with Crippen LogP contribution in [0, 0.1) is 0 Å². The fourth-order valence-corrected chi connectivity index (χ4v) is 2.65. The molecule has 0 radical (unpaired) electrons. The Bertz CT molecular complexity index is 456. The largest absolute Gasteiger partial charge is 0.478 e. The van der Waals surface area contributed by atoms with E-state index in [0.29, 0.717) is 37.8 Å². The molecule has 0 atom stereocenters. The first kappa shape index (κ1) is 13.4. The first-order valence-corrected chi connectivity index (χ1v) is 7.11. The van der Waals surface area contributed by atoms with Crippen LogP contribution < -0.4 is 4.74 Å². The normalized spacial score (nSPS) is 19.6. The third-order valence-electron chi connectivity index (χ3n) is 3.80. The van der Waals surface area contributed by atoms with E-state index in [2.05, 4.69) is 10.00 Å². The number of amides is 1. The molecule has 1 saturated heterocycles. The number of piperazine rings is 1. The fourth-order valence-electron chi connectivity index (χ4n) is 2.65. The maximum absolute atomic E-state index is 12.4. The van der Waals surface area contributed by atoms with E-state index in [1.54, 1.807) is 10.7 Å². The Kier molecular flexibility index (Phi) is 3.88. The smallest absolute Gasteiger partial charge is 0.274 e. The van der Waals surface area contributed by atoms with Gasteiger partial charge in [0, 0.05) is 51.8 Å². The van der Waals surface area contributed by atoms with Gasteiger partial charge in [0.2, 0.25) is 5.88 Å². The van der Waals surface area contributed by atoms with Crippen molar-refractivity contribution in [1.82, 2.24) is 19.6 Å². The molecule has 2 aliphatic rings. The molecule has 0 aliphatic carbocycles. The van der Waals surface area contributed by atoms with Crippen molar-refractivity contribution in [3.8, 4) is 5.88 Å². The summed E-state index contributed by atoms with van der Waals surface area (Å²) in [7, 11) is 0. The maximum Gasteiger partial charge on any atom is 0.274 e. The van der Waals surface area contributed by atoms with E-state index in [1.165, 1.54) is 0 Å². The molecule has 1 amide bonds. The molecule has 0 saturated carbocycles. The zero-order valence-electron chi connectivity index (χ0n) is 11.5. The lowest BCUT2D eigenvalue weighted by molar-refractivity contribution is 0.0608. The molecule has 110 valence electrons. The van der Waals surface area contributed by atoms with Gasteiger partial charge in [-0.1, -0.05) is 0 Å². The van der Waals surface area contributed by atoms with Crippen LogP contribution in [0.1, 0.15) is 16.9 Å². The summed E-state index contributed by atoms with van der Waals surface area (Å²) in [6.07, 6.45) is 0.933. The van der Waals surface area contributed by atoms with Crippen molar-refractivity contribution in [1.29, 1.82) is 0 Å². The summed E-state index contributed by atoms with van der Waals surface area (Å²) < 4.78 is 7.25. The summed E-state index contributed by atoms with van der Waals surface area (Å²) in [5.41, 5.74) is 0.470. The Labute approximate surface area is 117 Å². The van der Waals surface area contributed by atoms with Crippen molar-refractivity contribution in [2.24, 2.45) is 0 Å². The number of aromatic nitrogens is 2. The highest BCUT2D eigenvalue weighted by Gasteiger charge is 2.25. The van der Waals surface area contributed by atoms with Gasteiger partial charge in [0.1, 0.15) is 0 Å². The number of carbonyl (C=O) groups is 1. The molecule has 20 heavy (non-hydrogen) atoms. The molecule has 1 N–H and O–H groups in total. The minimum Gasteiger partial charge on any atom is -0.478 e. The van der Waals surface area contributed by atoms with Crippen LogP contribution in [-0.4, -0.2) is 76.5 Å². The van der Waals surface area contributed by atoms with E-state index in [0.717, 1.165) is 26.1 Å². The molecule has 0 spiro atoms. The van der Waals surface area contributed by atoms with E-state index in [9.17, 15) is 4.79 Å². The third kappa shape index (κ3) is 2.64. The number of fused-ring (bicyclic) bond motifs is 1. The number of aryl methyl sites for hydroxylation is 1. The van der Waals surface area contributed by atoms with E-state index >= 15 is 0 Å². The highest BCUT2D eigenvalue weighted by molar-refractivity contribution is 5.92. The second-order valence-electron chi connectivity index (χ2n) is 5.15. The quantitative estimate of drug-likeness (QED) is 0.802. The number of hydrogen-bond donors (Lipinski definition) is 1. The SMILES string of the molecule is O=C(c1cc2n(n1)CCCO2)N1CCN(CCO)CC1. The zero-order valence-corrected chi connectivity index (χ0v) is 11.5. The van der Waals surface area contributed by atoms with Gasteiger partial charge in [0.15, 0.2) is 5.69 Å². The maximum atomic E-state index is 12.4. The van der Waals surface area contributed by atoms with Gasteiger partial charge in [-0.3, -0.25) is 9.69 Å². The van der Waals surface area contributed by atoms with Crippen molar-refractivity contribution in [3.63, 3.8) is 0 Å². The standard InChI is InChI=1S/C13H20N4O3/c18-8-7-15-3-5-16(6-4-15)13(19)11-10-12-17(14-11)2-1-9-20-12/h10,18H,1-9H2. The van der Waals surface area contributed by atoms with Gasteiger partial charge >= 0.3 is 0 Å². The average molecular weight is 280 g/mol. The summed E-state index contributed by atoms with van der Waals surface area (Å²) in [6, 6.07) is 1.74. The van der Waals surface area contributed by atoms with Gasteiger partial charge in [0.05, 0.1) is 13.2 Å². The minimum absolute atomic E-state index is 0.0286. The number of hydrogen-bond acceptors (Lipinski definition) is 5. The predicted molar refractivity (Wildman–Crippen MR) is 71.8 cm³/mol. The summed E-state index contributed by atoms with van der Waals surface area (Å²) in [5.74, 6) is 0.665. The summed E-state index contributed by atoms with van der Waals surface area (Å²) in [4.78, 5) is 16.4. The zero-order chi connectivity index (χ0) is 13.9. The topological polar surface area (TPSA) is 70.8 Å². The van der Waals surface area contributed by atoms with E-state index in [1.807, 2.05) is 4.90 Å². The van der Waals surface area contributed by atoms with E-state index in [4.69, 9.17) is 9.84 Å². The number of aliphatic hydroxyl groups excluding tert-OH is 1. The van der Waals surface area contributed by atoms with Gasteiger partial charge in [-0.05, 0) is 0 Å². The first-order chi connectivity index (χ1) is 9.78. The van der Waals surface area contributed by atoms with Crippen LogP contribution >= 0.6 is 0 Å². The number of β-amino-alcohol motifs (C(OH)–C–C–N with tert-alkyl or cyclic N) is 1. The van der Waals surface area contributed by atoms with Crippen LogP contribution in [0.3, 0.4) is 0 Å². The molecule has 7 heteroatoms. The predicted octanol–water partition coefficient (Wildman–Crippen LogP) is -0.584. The van der Waals surface area contributed by atoms with Crippen LogP contribution in [0.4, 0.5) is 0 Å². The Morgan fingerprint density at radius 1 is 1.30 bits per heavy atom. The van der Waals surface area contributed by atoms with Gasteiger partial charge in [-0.15, -0.1) is 0 Å². The Morgan fingerprint density at radius 3 is 2.80 bits per heavy atom. The van der Waals surface area contributed by atoms with Crippen LogP contribution in [0.2, 0.25) is 0 Å². The summed E-state index contributed by atoms with van der Waals surface area (Å²) >= 11 is 0. The summed E-state index contributed by atoms with van der Waals surface area (Å²) in [6.45, 7) is 5.32. The molecule has 1 aromatic rings. The van der Waals surface area contributed by atoms with Gasteiger partial charge in [0.25, 0.3) is 5.91 Å². The highest BCUT2D eigenvalue weighted by Crippen LogP contribution is 2.19. The van der Waals surface area contributed by atoms with E-state index in [-0.39, 0.29) is 12.5 Å². The lowest BCUT2D eigenvalue weighted by Crippen LogP contribution is -2.49. The highest BCUT2D eigenvalue weighted by atomic mass is 16.5. The van der Waals surface area contributed by atoms with Crippen molar-refractivity contribution in [3.05, 3.63) is 11.8 Å². The molecule has 0 unspecified atom stereocenters. The monoisotopic (exact) mass is 280 g/mol. The van der Waals surface area contributed by atoms with Gasteiger partial charge in [-0.2, -0.15) is 5.10 Å². The number of aliphatic hydroxyl groups is 1. The van der Waals surface area contributed by atoms with Crippen molar-refractivity contribution >= 4 is 5.91 Å². The number of nitrogens with zero attached hydrogens (tertiary/aromatic N) is 4. The second-order valence-corrected chi connectivity index (χ2v) is 5.15. The minimum atomic E-state index is -0.0286. The lowest BCUT2D eigenvalue weighted by atomic mass is 10.2. The third-order valence-corrected chi connectivity index (χ3v) is 3.80. The summed E-state index contributed by atoms with van der Waals surface area (Å²) in [5, 5.41) is 13.2. The van der Waals surface area contributed by atoms with Crippen molar-refractivity contribution in [2.75, 3.05) is 45.9 Å². The Hall–Kier alpha value is -1.60. The first-order valence-electron chi connectivity index (χ1n) is 7.11. The van der Waals surface area contributed by atoms with Gasteiger partial charge in [-0.25, -0.2) is 4.68 Å². The molecule has 1 aromatic heterocycles. The molecule has 3 rings (SSSR count). The second kappa shape index (κ2) is 5.80. The van der Waals surface area contributed by atoms with Crippen molar-refractivity contribution in [2.45, 2.75) is 13.0 Å². The number of rotatable bonds is 3. The van der Waals surface area contributed by atoms with Gasteiger partial charge < -0.3 is 14.7 Å². The number of carbonyl (C=O) groups excluding carboxylic acids is 1. The van der Waals surface area contributed by atoms with Crippen LogP contribution in [0.25, 0.3) is 0 Å². The molecule has 3 heterocycles. The van der Waals surface area contributed by atoms with Crippen LogP contribution in [0.15, 0.2) is 6.07 Å². The molecule has 0 aromatic carbocycles. The molecular weight excluding hydrogens is 260 g/mol.